The van der Waals surface area contributed by atoms with Crippen LogP contribution in [0.4, 0.5) is 17.3 Å². The van der Waals surface area contributed by atoms with E-state index < -0.39 is 0 Å². The molecule has 0 atom stereocenters. The van der Waals surface area contributed by atoms with Crippen molar-refractivity contribution in [3.63, 3.8) is 0 Å². The van der Waals surface area contributed by atoms with Gasteiger partial charge in [-0.05, 0) is 41.8 Å². The number of para-hydroxylation sites is 1. The summed E-state index contributed by atoms with van der Waals surface area (Å²) in [5.41, 5.74) is 2.58. The fraction of sp³-hybridized carbons (Fsp3) is 0.227. The third-order valence-corrected chi connectivity index (χ3v) is 4.37. The molecule has 150 valence electrons. The zero-order valence-corrected chi connectivity index (χ0v) is 16.9. The van der Waals surface area contributed by atoms with Crippen LogP contribution in [0.3, 0.4) is 0 Å². The van der Waals surface area contributed by atoms with Gasteiger partial charge in [-0.25, -0.2) is 0 Å². The van der Waals surface area contributed by atoms with E-state index in [-0.39, 0.29) is 5.91 Å². The second-order valence-electron chi connectivity index (χ2n) is 6.73. The van der Waals surface area contributed by atoms with E-state index in [1.807, 2.05) is 18.2 Å². The first-order valence-electron chi connectivity index (χ1n) is 9.24. The van der Waals surface area contributed by atoms with Crippen molar-refractivity contribution in [1.29, 1.82) is 0 Å². The monoisotopic (exact) mass is 392 g/mol. The van der Waals surface area contributed by atoms with Gasteiger partial charge in [0, 0.05) is 17.3 Å². The summed E-state index contributed by atoms with van der Waals surface area (Å²) < 4.78 is 10.4. The Kier molecular flexibility index (Phi) is 6.29. The molecule has 3 aromatic rings. The summed E-state index contributed by atoms with van der Waals surface area (Å²) in [6.45, 7) is 4.27. The molecule has 0 aliphatic rings. The van der Waals surface area contributed by atoms with Crippen LogP contribution in [0.25, 0.3) is 0 Å². The third kappa shape index (κ3) is 5.01. The largest absolute Gasteiger partial charge is 0.497 e. The number of nitrogens with zero attached hydrogens (tertiary/aromatic N) is 2. The molecule has 0 aliphatic carbocycles. The van der Waals surface area contributed by atoms with Crippen molar-refractivity contribution < 1.29 is 14.3 Å². The summed E-state index contributed by atoms with van der Waals surface area (Å²) in [6.07, 6.45) is 0. The minimum absolute atomic E-state index is 0.331. The molecule has 29 heavy (non-hydrogen) atoms. The molecule has 2 aromatic carbocycles. The van der Waals surface area contributed by atoms with Gasteiger partial charge in [0.15, 0.2) is 11.6 Å². The topological polar surface area (TPSA) is 85.4 Å². The van der Waals surface area contributed by atoms with Crippen LogP contribution in [0, 0.1) is 0 Å². The second kappa shape index (κ2) is 9.05. The van der Waals surface area contributed by atoms with Crippen molar-refractivity contribution in [3.8, 4) is 11.5 Å². The minimum atomic E-state index is -0.331. The average Bonchev–Trinajstić information content (AvgIpc) is 2.74. The molecule has 0 saturated carbocycles. The highest BCUT2D eigenvalue weighted by molar-refractivity contribution is 6.04. The Balaban J connectivity index is 1.72. The van der Waals surface area contributed by atoms with E-state index in [1.165, 1.54) is 19.8 Å². The Morgan fingerprint density at radius 1 is 0.897 bits per heavy atom. The molecule has 0 saturated heterocycles. The number of hydrogen-bond donors (Lipinski definition) is 2. The Hall–Kier alpha value is -3.61. The van der Waals surface area contributed by atoms with Crippen LogP contribution in [-0.2, 0) is 0 Å². The lowest BCUT2D eigenvalue weighted by atomic mass is 10.0. The predicted octanol–water partition coefficient (Wildman–Crippen LogP) is 4.61. The number of amides is 1. The summed E-state index contributed by atoms with van der Waals surface area (Å²) in [5.74, 6) is 2.05. The van der Waals surface area contributed by atoms with E-state index in [1.54, 1.807) is 30.3 Å². The van der Waals surface area contributed by atoms with E-state index in [2.05, 4.69) is 40.7 Å². The molecule has 7 heteroatoms. The standard InChI is InChI=1S/C22H24N4O3/c1-14(2)18-7-5-6-8-19(18)23-20-9-10-21(26-25-20)24-22(27)15-11-16(28-3)13-17(12-15)29-4/h5-14H,1-4H3,(H,23,25)(H,24,26,27). The van der Waals surface area contributed by atoms with Gasteiger partial charge in [-0.2, -0.15) is 0 Å². The van der Waals surface area contributed by atoms with Crippen molar-refractivity contribution in [2.24, 2.45) is 0 Å². The van der Waals surface area contributed by atoms with E-state index in [0.29, 0.717) is 34.6 Å². The number of hydrogen-bond acceptors (Lipinski definition) is 6. The van der Waals surface area contributed by atoms with Gasteiger partial charge in [-0.1, -0.05) is 32.0 Å². The molecule has 0 bridgehead atoms. The second-order valence-corrected chi connectivity index (χ2v) is 6.73. The first-order valence-corrected chi connectivity index (χ1v) is 9.24. The SMILES string of the molecule is COc1cc(OC)cc(C(=O)Nc2ccc(Nc3ccccc3C(C)C)nn2)c1. The maximum absolute atomic E-state index is 12.5. The molecule has 0 unspecified atom stereocenters. The highest BCUT2D eigenvalue weighted by Crippen LogP contribution is 2.26. The van der Waals surface area contributed by atoms with Crippen LogP contribution >= 0.6 is 0 Å². The molecular formula is C22H24N4O3. The lowest BCUT2D eigenvalue weighted by Crippen LogP contribution is -2.14. The predicted molar refractivity (Wildman–Crippen MR) is 113 cm³/mol. The van der Waals surface area contributed by atoms with Crippen LogP contribution in [0.15, 0.2) is 54.6 Å². The number of benzene rings is 2. The Morgan fingerprint density at radius 3 is 2.10 bits per heavy atom. The van der Waals surface area contributed by atoms with Crippen molar-refractivity contribution in [2.75, 3.05) is 24.9 Å². The van der Waals surface area contributed by atoms with E-state index in [9.17, 15) is 4.79 Å². The molecule has 2 N–H and O–H groups in total. The molecule has 7 nitrogen and oxygen atoms in total. The smallest absolute Gasteiger partial charge is 0.257 e. The Bertz CT molecular complexity index is 965. The number of ether oxygens (including phenoxy) is 2. The van der Waals surface area contributed by atoms with Gasteiger partial charge in [0.05, 0.1) is 14.2 Å². The maximum Gasteiger partial charge on any atom is 0.257 e. The van der Waals surface area contributed by atoms with Crippen molar-refractivity contribution in [2.45, 2.75) is 19.8 Å². The van der Waals surface area contributed by atoms with Crippen LogP contribution in [-0.4, -0.2) is 30.3 Å². The van der Waals surface area contributed by atoms with Crippen LogP contribution in [0.5, 0.6) is 11.5 Å². The van der Waals surface area contributed by atoms with Crippen LogP contribution < -0.4 is 20.1 Å². The van der Waals surface area contributed by atoms with Gasteiger partial charge in [0.1, 0.15) is 11.5 Å². The summed E-state index contributed by atoms with van der Waals surface area (Å²) in [7, 11) is 3.07. The summed E-state index contributed by atoms with van der Waals surface area (Å²) >= 11 is 0. The normalized spacial score (nSPS) is 10.5. The number of aromatic nitrogens is 2. The summed E-state index contributed by atoms with van der Waals surface area (Å²) in [4.78, 5) is 12.5. The molecule has 0 aliphatic heterocycles. The first kappa shape index (κ1) is 20.1. The number of anilines is 3. The number of carbonyl (C=O) groups is 1. The highest BCUT2D eigenvalue weighted by atomic mass is 16.5. The molecule has 0 radical (unpaired) electrons. The van der Waals surface area contributed by atoms with Gasteiger partial charge in [-0.15, -0.1) is 10.2 Å². The molecule has 0 fully saturated rings. The fourth-order valence-corrected chi connectivity index (χ4v) is 2.84. The van der Waals surface area contributed by atoms with Crippen LogP contribution in [0.1, 0.15) is 35.7 Å². The lowest BCUT2D eigenvalue weighted by molar-refractivity contribution is 0.102. The summed E-state index contributed by atoms with van der Waals surface area (Å²) in [6, 6.07) is 16.5. The Morgan fingerprint density at radius 2 is 1.52 bits per heavy atom. The zero-order chi connectivity index (χ0) is 20.8. The maximum atomic E-state index is 12.5. The fourth-order valence-electron chi connectivity index (χ4n) is 2.84. The summed E-state index contributed by atoms with van der Waals surface area (Å²) in [5, 5.41) is 14.3. The van der Waals surface area contributed by atoms with E-state index in [4.69, 9.17) is 9.47 Å². The molecule has 1 aromatic heterocycles. The van der Waals surface area contributed by atoms with Gasteiger partial charge in [-0.3, -0.25) is 4.79 Å². The van der Waals surface area contributed by atoms with Gasteiger partial charge < -0.3 is 20.1 Å². The highest BCUT2D eigenvalue weighted by Gasteiger charge is 2.12. The minimum Gasteiger partial charge on any atom is -0.497 e. The lowest BCUT2D eigenvalue weighted by Gasteiger charge is -2.14. The molecular weight excluding hydrogens is 368 g/mol. The molecule has 3 rings (SSSR count). The van der Waals surface area contributed by atoms with Crippen molar-refractivity contribution >= 4 is 23.2 Å². The quantitative estimate of drug-likeness (QED) is 0.611. The molecule has 1 heterocycles. The number of nitrogens with one attached hydrogen (secondary N) is 2. The van der Waals surface area contributed by atoms with Crippen LogP contribution in [0.2, 0.25) is 0 Å². The average molecular weight is 392 g/mol. The van der Waals surface area contributed by atoms with E-state index >= 15 is 0 Å². The number of carbonyl (C=O) groups excluding carboxylic acids is 1. The zero-order valence-electron chi connectivity index (χ0n) is 16.9. The molecule has 1 amide bonds. The Labute approximate surface area is 170 Å². The number of rotatable bonds is 7. The van der Waals surface area contributed by atoms with Crippen molar-refractivity contribution in [1.82, 2.24) is 10.2 Å². The van der Waals surface area contributed by atoms with Gasteiger partial charge in [0.25, 0.3) is 5.91 Å². The van der Waals surface area contributed by atoms with Gasteiger partial charge >= 0.3 is 0 Å². The van der Waals surface area contributed by atoms with E-state index in [0.717, 1.165) is 5.69 Å². The first-order chi connectivity index (χ1) is 14.0. The molecule has 0 spiro atoms. The third-order valence-electron chi connectivity index (χ3n) is 4.37. The van der Waals surface area contributed by atoms with Crippen molar-refractivity contribution in [3.05, 3.63) is 65.7 Å². The number of methoxy groups -OCH3 is 2. The van der Waals surface area contributed by atoms with Gasteiger partial charge in [0.2, 0.25) is 0 Å².